The lowest BCUT2D eigenvalue weighted by atomic mass is 10.2. The topological polar surface area (TPSA) is 69.1 Å². The fraction of sp³-hybridized carbons (Fsp3) is 0. The number of anilines is 1. The van der Waals surface area contributed by atoms with Crippen LogP contribution in [0.1, 0.15) is 0 Å². The van der Waals surface area contributed by atoms with E-state index >= 15 is 0 Å². The normalized spacial score (nSPS) is 11.4. The third-order valence-electron chi connectivity index (χ3n) is 3.41. The highest BCUT2D eigenvalue weighted by Gasteiger charge is 2.15. The van der Waals surface area contributed by atoms with E-state index in [0.29, 0.717) is 27.3 Å². The summed E-state index contributed by atoms with van der Waals surface area (Å²) in [6.45, 7) is 0. The number of hydrogen-bond acceptors (Lipinski definition) is 4. The minimum Gasteiger partial charge on any atom is -0.381 e. The molecule has 7 heteroatoms. The maximum absolute atomic E-state index is 6.11. The van der Waals surface area contributed by atoms with Gasteiger partial charge in [-0.05, 0) is 42.5 Å². The number of hydrogen-bond donors (Lipinski definition) is 1. The number of nitrogens with two attached hydrogens (primary N) is 1. The van der Waals surface area contributed by atoms with Crippen LogP contribution >= 0.6 is 23.2 Å². The minimum atomic E-state index is 0.322. The lowest BCUT2D eigenvalue weighted by Crippen LogP contribution is -2.00. The highest BCUT2D eigenvalue weighted by atomic mass is 35.5. The number of nitrogens with zero attached hydrogens (tertiary/aromatic N) is 4. The molecule has 4 aromatic rings. The molecule has 4 rings (SSSR count). The van der Waals surface area contributed by atoms with Gasteiger partial charge in [0.1, 0.15) is 0 Å². The molecule has 2 heterocycles. The van der Waals surface area contributed by atoms with Crippen LogP contribution in [0.15, 0.2) is 42.5 Å². The smallest absolute Gasteiger partial charge is 0.204 e. The zero-order chi connectivity index (χ0) is 15.3. The number of nitrogen functional groups attached to an aromatic ring is 1. The van der Waals surface area contributed by atoms with Crippen molar-refractivity contribution in [1.29, 1.82) is 0 Å². The lowest BCUT2D eigenvalue weighted by Gasteiger charge is -2.07. The van der Waals surface area contributed by atoms with Crippen molar-refractivity contribution in [2.24, 2.45) is 0 Å². The number of benzene rings is 2. The number of rotatable bonds is 1. The second-order valence-electron chi connectivity index (χ2n) is 4.82. The first kappa shape index (κ1) is 13.3. The van der Waals surface area contributed by atoms with Gasteiger partial charge in [0.05, 0.1) is 11.0 Å². The van der Waals surface area contributed by atoms with Crippen LogP contribution in [-0.4, -0.2) is 19.6 Å². The summed E-state index contributed by atoms with van der Waals surface area (Å²) in [7, 11) is 0. The Balaban J connectivity index is 2.14. The zero-order valence-electron chi connectivity index (χ0n) is 11.2. The van der Waals surface area contributed by atoms with Gasteiger partial charge in [0.2, 0.25) is 5.65 Å². The first-order valence-electron chi connectivity index (χ1n) is 6.49. The predicted octanol–water partition coefficient (Wildman–Crippen LogP) is 3.83. The van der Waals surface area contributed by atoms with E-state index in [0.717, 1.165) is 16.6 Å². The van der Waals surface area contributed by atoms with E-state index in [2.05, 4.69) is 15.2 Å². The summed E-state index contributed by atoms with van der Waals surface area (Å²) < 4.78 is 1.85. The number of aromatic nitrogens is 4. The SMILES string of the molecule is Nc1nc2ccc(Cl)cc2n2c(-c3ccc(Cl)cc3)nnc12. The second-order valence-corrected chi connectivity index (χ2v) is 5.69. The predicted molar refractivity (Wildman–Crippen MR) is 88.2 cm³/mol. The molecule has 0 bridgehead atoms. The lowest BCUT2D eigenvalue weighted by molar-refractivity contribution is 1.12. The van der Waals surface area contributed by atoms with Crippen LogP contribution in [0.25, 0.3) is 28.1 Å². The van der Waals surface area contributed by atoms with E-state index in [1.54, 1.807) is 18.2 Å². The maximum Gasteiger partial charge on any atom is 0.204 e. The molecule has 22 heavy (non-hydrogen) atoms. The van der Waals surface area contributed by atoms with Gasteiger partial charge in [0.25, 0.3) is 0 Å². The molecule has 5 nitrogen and oxygen atoms in total. The van der Waals surface area contributed by atoms with Crippen LogP contribution < -0.4 is 5.73 Å². The van der Waals surface area contributed by atoms with E-state index in [1.165, 1.54) is 0 Å². The summed E-state index contributed by atoms with van der Waals surface area (Å²) in [5, 5.41) is 9.66. The van der Waals surface area contributed by atoms with E-state index in [-0.39, 0.29) is 0 Å². The van der Waals surface area contributed by atoms with Crippen molar-refractivity contribution in [2.45, 2.75) is 0 Å². The quantitative estimate of drug-likeness (QED) is 0.576. The third kappa shape index (κ3) is 1.98. The monoisotopic (exact) mass is 329 g/mol. The average Bonchev–Trinajstić information content (AvgIpc) is 2.95. The molecule has 0 atom stereocenters. The Hall–Kier alpha value is -2.37. The van der Waals surface area contributed by atoms with Crippen molar-refractivity contribution in [3.63, 3.8) is 0 Å². The van der Waals surface area contributed by atoms with Gasteiger partial charge in [0, 0.05) is 15.6 Å². The Kier molecular flexibility index (Phi) is 2.92. The van der Waals surface area contributed by atoms with E-state index in [1.807, 2.05) is 28.7 Å². The van der Waals surface area contributed by atoms with Gasteiger partial charge in [0.15, 0.2) is 11.6 Å². The molecule has 0 radical (unpaired) electrons. The summed E-state index contributed by atoms with van der Waals surface area (Å²) in [5.41, 5.74) is 8.89. The number of fused-ring (bicyclic) bond motifs is 3. The summed E-state index contributed by atoms with van der Waals surface area (Å²) in [6, 6.07) is 12.8. The second kappa shape index (κ2) is 4.83. The van der Waals surface area contributed by atoms with Gasteiger partial charge in [-0.25, -0.2) is 4.98 Å². The van der Waals surface area contributed by atoms with E-state index < -0.39 is 0 Å². The van der Waals surface area contributed by atoms with Gasteiger partial charge in [-0.2, -0.15) is 0 Å². The fourth-order valence-corrected chi connectivity index (χ4v) is 2.71. The summed E-state index contributed by atoms with van der Waals surface area (Å²) in [6.07, 6.45) is 0. The van der Waals surface area contributed by atoms with Crippen molar-refractivity contribution < 1.29 is 0 Å². The van der Waals surface area contributed by atoms with Crippen LogP contribution in [0.4, 0.5) is 5.82 Å². The largest absolute Gasteiger partial charge is 0.381 e. The van der Waals surface area contributed by atoms with Gasteiger partial charge >= 0.3 is 0 Å². The van der Waals surface area contributed by atoms with Crippen LogP contribution in [0.5, 0.6) is 0 Å². The molecule has 0 saturated heterocycles. The molecule has 0 spiro atoms. The molecule has 0 amide bonds. The van der Waals surface area contributed by atoms with Crippen LogP contribution in [-0.2, 0) is 0 Å². The minimum absolute atomic E-state index is 0.322. The number of halogens is 2. The molecular weight excluding hydrogens is 321 g/mol. The van der Waals surface area contributed by atoms with E-state index in [9.17, 15) is 0 Å². The van der Waals surface area contributed by atoms with Crippen LogP contribution in [0.2, 0.25) is 10.0 Å². The molecule has 108 valence electrons. The standard InChI is InChI=1S/C15H9Cl2N5/c16-9-3-1-8(2-4-9)14-20-21-15-13(18)19-11-6-5-10(17)7-12(11)22(14)15/h1-7H,(H2,18,19). The molecule has 0 aliphatic heterocycles. The molecule has 0 fully saturated rings. The molecule has 2 aromatic carbocycles. The van der Waals surface area contributed by atoms with Gasteiger partial charge < -0.3 is 5.73 Å². The highest BCUT2D eigenvalue weighted by molar-refractivity contribution is 6.31. The Bertz CT molecular complexity index is 1010. The summed E-state index contributed by atoms with van der Waals surface area (Å²) in [5.74, 6) is 0.982. The molecule has 0 saturated carbocycles. The Morgan fingerprint density at radius 1 is 0.909 bits per heavy atom. The van der Waals surface area contributed by atoms with Gasteiger partial charge in [-0.3, -0.25) is 4.40 Å². The molecule has 0 aliphatic rings. The Morgan fingerprint density at radius 3 is 2.41 bits per heavy atom. The maximum atomic E-state index is 6.11. The van der Waals surface area contributed by atoms with Crippen molar-refractivity contribution in [2.75, 3.05) is 5.73 Å². The Morgan fingerprint density at radius 2 is 1.64 bits per heavy atom. The summed E-state index contributed by atoms with van der Waals surface area (Å²) in [4.78, 5) is 4.34. The fourth-order valence-electron chi connectivity index (χ4n) is 2.41. The highest BCUT2D eigenvalue weighted by Crippen LogP contribution is 2.27. The first-order chi connectivity index (χ1) is 10.6. The third-order valence-corrected chi connectivity index (χ3v) is 3.90. The van der Waals surface area contributed by atoms with Crippen LogP contribution in [0.3, 0.4) is 0 Å². The molecule has 2 N–H and O–H groups in total. The average molecular weight is 330 g/mol. The van der Waals surface area contributed by atoms with Crippen molar-refractivity contribution in [3.05, 3.63) is 52.5 Å². The molecule has 0 unspecified atom stereocenters. The first-order valence-corrected chi connectivity index (χ1v) is 7.25. The Labute approximate surface area is 135 Å². The molecular formula is C15H9Cl2N5. The molecule has 0 aliphatic carbocycles. The van der Waals surface area contributed by atoms with Crippen molar-refractivity contribution >= 4 is 45.7 Å². The van der Waals surface area contributed by atoms with Crippen LogP contribution in [0, 0.1) is 0 Å². The van der Waals surface area contributed by atoms with Crippen molar-refractivity contribution in [1.82, 2.24) is 19.6 Å². The van der Waals surface area contributed by atoms with E-state index in [4.69, 9.17) is 28.9 Å². The summed E-state index contributed by atoms with van der Waals surface area (Å²) >= 11 is 12.1. The molecule has 2 aromatic heterocycles. The van der Waals surface area contributed by atoms with Gasteiger partial charge in [-0.1, -0.05) is 23.2 Å². The van der Waals surface area contributed by atoms with Crippen molar-refractivity contribution in [3.8, 4) is 11.4 Å². The zero-order valence-corrected chi connectivity index (χ0v) is 12.7. The van der Waals surface area contributed by atoms with Gasteiger partial charge in [-0.15, -0.1) is 10.2 Å².